The van der Waals surface area contributed by atoms with E-state index in [-0.39, 0.29) is 11.6 Å². The van der Waals surface area contributed by atoms with Crippen molar-refractivity contribution in [3.8, 4) is 0 Å². The van der Waals surface area contributed by atoms with E-state index in [2.05, 4.69) is 5.43 Å². The second kappa shape index (κ2) is 5.30. The lowest BCUT2D eigenvalue weighted by atomic mass is 9.73. The number of benzene rings is 1. The number of hydrogen-bond acceptors (Lipinski definition) is 3. The lowest BCUT2D eigenvalue weighted by Crippen LogP contribution is -2.59. The molecule has 1 aromatic rings. The highest BCUT2D eigenvalue weighted by Crippen LogP contribution is 2.39. The molecular formula is C13H18F2N2O. The summed E-state index contributed by atoms with van der Waals surface area (Å²) in [7, 11) is 1.63. The molecule has 0 aliphatic heterocycles. The maximum Gasteiger partial charge on any atom is 0.162 e. The smallest absolute Gasteiger partial charge is 0.162 e. The van der Waals surface area contributed by atoms with Gasteiger partial charge in [-0.05, 0) is 37.3 Å². The predicted octanol–water partition coefficient (Wildman–Crippen LogP) is 1.91. The third kappa shape index (κ3) is 2.25. The molecule has 0 heterocycles. The van der Waals surface area contributed by atoms with Gasteiger partial charge >= 0.3 is 0 Å². The fourth-order valence-electron chi connectivity index (χ4n) is 2.54. The van der Waals surface area contributed by atoms with E-state index in [4.69, 9.17) is 10.6 Å². The summed E-state index contributed by atoms with van der Waals surface area (Å²) in [4.78, 5) is 0. The van der Waals surface area contributed by atoms with Gasteiger partial charge in [0, 0.05) is 7.11 Å². The summed E-state index contributed by atoms with van der Waals surface area (Å²) in [5.41, 5.74) is 2.64. The van der Waals surface area contributed by atoms with Crippen LogP contribution in [0.25, 0.3) is 0 Å². The highest BCUT2D eigenvalue weighted by molar-refractivity contribution is 5.21. The molecule has 1 unspecified atom stereocenters. The first kappa shape index (κ1) is 13.4. The second-order valence-corrected chi connectivity index (χ2v) is 4.76. The maximum atomic E-state index is 13.6. The topological polar surface area (TPSA) is 47.3 Å². The van der Waals surface area contributed by atoms with Gasteiger partial charge in [-0.15, -0.1) is 0 Å². The molecule has 1 aromatic carbocycles. The minimum absolute atomic E-state index is 0.215. The first-order valence-corrected chi connectivity index (χ1v) is 6.07. The van der Waals surface area contributed by atoms with Crippen LogP contribution in [0.2, 0.25) is 0 Å². The van der Waals surface area contributed by atoms with Gasteiger partial charge in [0.15, 0.2) is 11.6 Å². The van der Waals surface area contributed by atoms with Gasteiger partial charge in [0.25, 0.3) is 0 Å². The van der Waals surface area contributed by atoms with Gasteiger partial charge in [-0.1, -0.05) is 12.1 Å². The molecule has 0 aromatic heterocycles. The fourth-order valence-corrected chi connectivity index (χ4v) is 2.54. The average Bonchev–Trinajstić information content (AvgIpc) is 2.32. The van der Waals surface area contributed by atoms with E-state index in [1.165, 1.54) is 6.07 Å². The molecule has 3 nitrogen and oxygen atoms in total. The molecule has 1 atom stereocenters. The number of nitrogens with one attached hydrogen (secondary N) is 1. The van der Waals surface area contributed by atoms with Gasteiger partial charge in [-0.2, -0.15) is 0 Å². The van der Waals surface area contributed by atoms with Gasteiger partial charge in [-0.25, -0.2) is 8.78 Å². The Hall–Kier alpha value is -1.04. The number of hydrazine groups is 1. The zero-order valence-electron chi connectivity index (χ0n) is 10.4. The summed E-state index contributed by atoms with van der Waals surface area (Å²) in [6.07, 6.45) is 3.15. The summed E-state index contributed by atoms with van der Waals surface area (Å²) in [5, 5.41) is 0. The quantitative estimate of drug-likeness (QED) is 0.625. The highest BCUT2D eigenvalue weighted by Gasteiger charge is 2.44. The number of nitrogens with two attached hydrogens (primary N) is 1. The van der Waals surface area contributed by atoms with Gasteiger partial charge in [-0.3, -0.25) is 11.3 Å². The molecule has 2 rings (SSSR count). The van der Waals surface area contributed by atoms with Crippen molar-refractivity contribution in [3.63, 3.8) is 0 Å². The molecule has 0 saturated heterocycles. The average molecular weight is 256 g/mol. The van der Waals surface area contributed by atoms with Crippen molar-refractivity contribution in [1.82, 2.24) is 5.43 Å². The molecule has 1 fully saturated rings. The van der Waals surface area contributed by atoms with Crippen molar-refractivity contribution in [1.29, 1.82) is 0 Å². The summed E-state index contributed by atoms with van der Waals surface area (Å²) < 4.78 is 32.3. The zero-order chi connectivity index (χ0) is 13.2. The van der Waals surface area contributed by atoms with Crippen LogP contribution in [0.5, 0.6) is 0 Å². The summed E-state index contributed by atoms with van der Waals surface area (Å²) in [6, 6.07) is 3.97. The van der Waals surface area contributed by atoms with E-state index >= 15 is 0 Å². The van der Waals surface area contributed by atoms with E-state index in [1.54, 1.807) is 13.2 Å². The van der Waals surface area contributed by atoms with Crippen molar-refractivity contribution >= 4 is 0 Å². The third-order valence-electron chi connectivity index (χ3n) is 3.90. The van der Waals surface area contributed by atoms with Crippen LogP contribution in [0.15, 0.2) is 18.2 Å². The molecule has 1 aliphatic rings. The lowest BCUT2D eigenvalue weighted by Gasteiger charge is -2.46. The van der Waals surface area contributed by atoms with Crippen molar-refractivity contribution in [2.75, 3.05) is 7.11 Å². The Morgan fingerprint density at radius 1 is 1.44 bits per heavy atom. The van der Waals surface area contributed by atoms with Gasteiger partial charge < -0.3 is 4.74 Å². The van der Waals surface area contributed by atoms with Crippen LogP contribution < -0.4 is 11.3 Å². The van der Waals surface area contributed by atoms with Crippen molar-refractivity contribution in [3.05, 3.63) is 35.4 Å². The predicted molar refractivity (Wildman–Crippen MR) is 64.8 cm³/mol. The Kier molecular flexibility index (Phi) is 3.94. The maximum absolute atomic E-state index is 13.6. The van der Waals surface area contributed by atoms with Crippen molar-refractivity contribution < 1.29 is 13.5 Å². The van der Waals surface area contributed by atoms with E-state index in [0.29, 0.717) is 12.0 Å². The molecule has 5 heteroatoms. The van der Waals surface area contributed by atoms with Gasteiger partial charge in [0.1, 0.15) is 0 Å². The van der Waals surface area contributed by atoms with E-state index in [0.717, 1.165) is 25.3 Å². The monoisotopic (exact) mass is 256 g/mol. The van der Waals surface area contributed by atoms with Crippen LogP contribution in [0, 0.1) is 11.6 Å². The van der Waals surface area contributed by atoms with Crippen LogP contribution in [0.3, 0.4) is 0 Å². The van der Waals surface area contributed by atoms with Crippen LogP contribution in [-0.2, 0) is 11.2 Å². The standard InChI is InChI=1S/C13H18F2N2O/c1-18-13(6-3-7-13)11(17-16)8-9-4-2-5-10(14)12(9)15/h2,4-5,11,17H,3,6-8,16H2,1H3. The van der Waals surface area contributed by atoms with Crippen LogP contribution >= 0.6 is 0 Å². The molecule has 1 saturated carbocycles. The molecule has 1 aliphatic carbocycles. The number of hydrogen-bond donors (Lipinski definition) is 2. The molecule has 100 valence electrons. The minimum Gasteiger partial charge on any atom is -0.377 e. The van der Waals surface area contributed by atoms with Gasteiger partial charge in [0.2, 0.25) is 0 Å². The van der Waals surface area contributed by atoms with E-state index in [1.807, 2.05) is 0 Å². The lowest BCUT2D eigenvalue weighted by molar-refractivity contribution is -0.0983. The normalized spacial score (nSPS) is 19.3. The molecule has 3 N–H and O–H groups in total. The third-order valence-corrected chi connectivity index (χ3v) is 3.90. The van der Waals surface area contributed by atoms with Crippen LogP contribution in [-0.4, -0.2) is 18.8 Å². The SMILES string of the molecule is COC1(C(Cc2cccc(F)c2F)NN)CCC1. The van der Waals surface area contributed by atoms with Crippen molar-refractivity contribution in [2.45, 2.75) is 37.3 Å². The second-order valence-electron chi connectivity index (χ2n) is 4.76. The van der Waals surface area contributed by atoms with E-state index < -0.39 is 11.6 Å². The Balaban J connectivity index is 2.18. The number of rotatable bonds is 5. The van der Waals surface area contributed by atoms with Crippen molar-refractivity contribution in [2.24, 2.45) is 5.84 Å². The number of methoxy groups -OCH3 is 1. The molecule has 0 amide bonds. The first-order valence-electron chi connectivity index (χ1n) is 6.07. The Labute approximate surface area is 105 Å². The molecule has 0 spiro atoms. The summed E-state index contributed by atoms with van der Waals surface area (Å²) in [6.45, 7) is 0. The number of ether oxygens (including phenoxy) is 1. The molecular weight excluding hydrogens is 238 g/mol. The van der Waals surface area contributed by atoms with E-state index in [9.17, 15) is 8.78 Å². The summed E-state index contributed by atoms with van der Waals surface area (Å²) >= 11 is 0. The van der Waals surface area contributed by atoms with Crippen LogP contribution in [0.1, 0.15) is 24.8 Å². The Bertz CT molecular complexity index is 416. The molecule has 18 heavy (non-hydrogen) atoms. The number of halogens is 2. The first-order chi connectivity index (χ1) is 8.63. The fraction of sp³-hybridized carbons (Fsp3) is 0.538. The largest absolute Gasteiger partial charge is 0.377 e. The van der Waals surface area contributed by atoms with Crippen LogP contribution in [0.4, 0.5) is 8.78 Å². The Morgan fingerprint density at radius 3 is 2.67 bits per heavy atom. The zero-order valence-corrected chi connectivity index (χ0v) is 10.4. The van der Waals surface area contributed by atoms with Gasteiger partial charge in [0.05, 0.1) is 11.6 Å². The summed E-state index contributed by atoms with van der Waals surface area (Å²) in [5.74, 6) is 3.90. The molecule has 0 bridgehead atoms. The highest BCUT2D eigenvalue weighted by atomic mass is 19.2. The minimum atomic E-state index is -0.830. The molecule has 0 radical (unpaired) electrons. The Morgan fingerprint density at radius 2 is 2.17 bits per heavy atom.